The predicted octanol–water partition coefficient (Wildman–Crippen LogP) is 15.6. The van der Waals surface area contributed by atoms with E-state index in [9.17, 15) is 85.7 Å². The molecule has 0 aliphatic carbocycles. The van der Waals surface area contributed by atoms with Gasteiger partial charge in [0.05, 0.1) is 56.9 Å². The second-order valence-corrected chi connectivity index (χ2v) is 36.7. The third-order valence-electron chi connectivity index (χ3n) is 24.0. The number of aryl methyl sites for hydroxylation is 3. The lowest BCUT2D eigenvalue weighted by Gasteiger charge is -2.36. The zero-order chi connectivity index (χ0) is 109. The number of aromatic hydroxyl groups is 2. The monoisotopic (exact) mass is 2030 g/mol. The zero-order valence-corrected chi connectivity index (χ0v) is 84.9. The molecular weight excluding hydrogens is 1910 g/mol. The predicted molar refractivity (Wildman–Crippen MR) is 558 cm³/mol. The molecule has 2 fully saturated rings. The average molecular weight is 2030 g/mol. The lowest BCUT2D eigenvalue weighted by molar-refractivity contribution is 0.0239. The minimum atomic E-state index is -1.51. The number of pyridine rings is 6. The van der Waals surface area contributed by atoms with Crippen LogP contribution in [0.25, 0.3) is 67.5 Å². The first-order valence-corrected chi connectivity index (χ1v) is 46.9. The van der Waals surface area contributed by atoms with E-state index in [1.165, 1.54) is 48.5 Å². The van der Waals surface area contributed by atoms with Gasteiger partial charge in [-0.25, -0.2) is 51.1 Å². The number of hydrogen-bond donors (Lipinski definition) is 15. The number of piperazine rings is 2. The van der Waals surface area contributed by atoms with Gasteiger partial charge in [-0.2, -0.15) is 0 Å². The van der Waals surface area contributed by atoms with Crippen molar-refractivity contribution in [2.45, 2.75) is 119 Å². The molecule has 147 heavy (non-hydrogen) atoms. The highest BCUT2D eigenvalue weighted by atomic mass is 19.1. The number of halogens is 4. The molecule has 2 aliphatic heterocycles. The van der Waals surface area contributed by atoms with Crippen LogP contribution in [0.1, 0.15) is 184 Å². The number of H-pyrrole nitrogens is 6. The van der Waals surface area contributed by atoms with Crippen molar-refractivity contribution in [3.05, 3.63) is 298 Å². The summed E-state index contributed by atoms with van der Waals surface area (Å²) in [7, 11) is 14.6. The van der Waals surface area contributed by atoms with Crippen molar-refractivity contribution in [1.29, 1.82) is 0 Å². The number of aromatic nitrogens is 6. The molecule has 15 N–H and O–H groups in total. The van der Waals surface area contributed by atoms with Gasteiger partial charge >= 0.3 is 41.9 Å². The maximum atomic E-state index is 15.0. The van der Waals surface area contributed by atoms with Crippen LogP contribution < -0.4 is 68.1 Å². The van der Waals surface area contributed by atoms with Crippen LogP contribution in [0.2, 0.25) is 0 Å². The molecule has 0 spiro atoms. The fraction of sp³-hybridized carbons (Fsp3) is 0.318. The number of carbonyl (C=O) groups excluding carboxylic acids is 1. The van der Waals surface area contributed by atoms with E-state index in [-0.39, 0.29) is 63.7 Å². The maximum absolute atomic E-state index is 15.0. The highest BCUT2D eigenvalue weighted by Gasteiger charge is 2.31. The van der Waals surface area contributed by atoms with E-state index < -0.39 is 115 Å². The van der Waals surface area contributed by atoms with Gasteiger partial charge in [-0.05, 0) is 189 Å². The van der Waals surface area contributed by atoms with Crippen LogP contribution in [0.4, 0.5) is 56.5 Å². The van der Waals surface area contributed by atoms with Crippen LogP contribution in [0.5, 0.6) is 11.5 Å². The molecule has 780 valence electrons. The van der Waals surface area contributed by atoms with E-state index in [0.717, 1.165) is 48.7 Å². The Balaban J connectivity index is 0.000000197. The molecular formula is C107H122F4N14O22. The van der Waals surface area contributed by atoms with Crippen LogP contribution in [0.3, 0.4) is 0 Å². The first-order valence-electron chi connectivity index (χ1n) is 46.9. The molecule has 0 atom stereocenters. The molecule has 36 nitrogen and oxygen atoms in total. The van der Waals surface area contributed by atoms with Crippen LogP contribution in [-0.4, -0.2) is 232 Å². The smallest absolute Gasteiger partial charge is 0.410 e. The number of ether oxygens (including phenoxy) is 1. The van der Waals surface area contributed by atoms with Gasteiger partial charge in [0.1, 0.15) is 62.6 Å². The van der Waals surface area contributed by atoms with E-state index in [2.05, 4.69) is 35.2 Å². The van der Waals surface area contributed by atoms with Crippen molar-refractivity contribution in [3.63, 3.8) is 0 Å². The summed E-state index contributed by atoms with van der Waals surface area (Å²) in [6.45, 7) is 25.1. The number of carbonyl (C=O) groups is 7. The number of aromatic amines is 6. The number of benzene rings is 6. The minimum Gasteiger partial charge on any atom is -0.506 e. The summed E-state index contributed by atoms with van der Waals surface area (Å²) in [6.07, 6.45) is 1.41. The molecule has 40 heteroatoms. The van der Waals surface area contributed by atoms with Gasteiger partial charge in [0.25, 0.3) is 33.4 Å². The lowest BCUT2D eigenvalue weighted by atomic mass is 9.94. The standard InChI is InChI=1S/C23H28FN3O5.C18H20FN3O3.C17H20N2O4.C17H20N2O3.C16H17FN2O4.C16H17FN2O3/c1-5-14-12-16(21(29)30)20(28)25-19(14)15-6-7-18(17(24)13-15)26-8-10-27(11-9-26)22(31)32-23(2,3)4;1-2-11-9-13(18(24)25)17(23)21-16(11)12-3-4-15(14(19)10-12)22-7-5-20-6-8-22;1-9(2)12-14(10-5-7-11(8-6-10)19(3)4)18-16(21)13(15(12)20)17(22)23;1-10(2)13-9-14(17(21)22)16(20)18-15(13)11-5-7-12(8-6-11)19(3)4;1-4-9-13(18-15(21)12(14(9)20)16(22)23)8-5-6-11(19(2)3)10(17)7-8;1-4-9-7-11(16(21)22)15(20)18-14(9)10-5-6-13(19(2)3)12(17)8-10/h6-7,12-13H,5,8-11H2,1-4H3,(H,25,28)(H,29,30);3-4,9-10,20H,2,5-8H2,1H3,(H,21,23)(H,24,25);5-9H,1-4H3,(H,22,23)(H2,18,20,21);5-10H,1-4H3,(H,18,20)(H,21,22);5-7H,4H2,1-3H3,(H,22,23)(H2,18,20,21);5-8H,4H2,1-3H3,(H,18,20)(H,21,22). The Labute approximate surface area is 842 Å². The number of aromatic carboxylic acids is 6. The van der Waals surface area contributed by atoms with Crippen molar-refractivity contribution in [1.82, 2.24) is 40.1 Å². The number of carboxylic acids is 6. The Morgan fingerprint density at radius 3 is 1.00 bits per heavy atom. The molecule has 2 saturated heterocycles. The number of carboxylic acid groups (broad SMARTS) is 6. The highest BCUT2D eigenvalue weighted by molar-refractivity contribution is 5.94. The van der Waals surface area contributed by atoms with Gasteiger partial charge in [-0.1, -0.05) is 104 Å². The summed E-state index contributed by atoms with van der Waals surface area (Å²) in [5, 5.41) is 78.1. The Hall–Kier alpha value is -16.8. The Morgan fingerprint density at radius 2 is 0.680 bits per heavy atom. The molecule has 0 radical (unpaired) electrons. The van der Waals surface area contributed by atoms with Crippen LogP contribution in [0.15, 0.2) is 174 Å². The first-order chi connectivity index (χ1) is 69.2. The summed E-state index contributed by atoms with van der Waals surface area (Å²) in [4.78, 5) is 179. The summed E-state index contributed by atoms with van der Waals surface area (Å²) < 4.78 is 63.3. The van der Waals surface area contributed by atoms with E-state index >= 15 is 4.39 Å². The number of nitrogens with one attached hydrogen (secondary N) is 7. The molecule has 1 amide bonds. The zero-order valence-electron chi connectivity index (χ0n) is 84.9. The largest absolute Gasteiger partial charge is 0.506 e. The number of rotatable bonds is 24. The van der Waals surface area contributed by atoms with E-state index in [0.29, 0.717) is 147 Å². The van der Waals surface area contributed by atoms with Gasteiger partial charge in [-0.15, -0.1) is 0 Å². The van der Waals surface area contributed by atoms with Crippen molar-refractivity contribution >= 4 is 76.0 Å². The molecule has 14 rings (SSSR count). The highest BCUT2D eigenvalue weighted by Crippen LogP contribution is 2.39. The van der Waals surface area contributed by atoms with Crippen LogP contribution >= 0.6 is 0 Å². The molecule has 12 aromatic rings. The lowest BCUT2D eigenvalue weighted by Crippen LogP contribution is -2.50. The third kappa shape index (κ3) is 27.8. The fourth-order valence-electron chi connectivity index (χ4n) is 16.3. The first kappa shape index (κ1) is 114. The number of amides is 1. The van der Waals surface area contributed by atoms with Gasteiger partial charge in [0.15, 0.2) is 11.1 Å². The maximum Gasteiger partial charge on any atom is 0.410 e. The summed E-state index contributed by atoms with van der Waals surface area (Å²) in [5.74, 6) is -10.9. The van der Waals surface area contributed by atoms with Gasteiger partial charge in [-0.3, -0.25) is 28.8 Å². The topological polar surface area (TPSA) is 522 Å². The Kier molecular flexibility index (Phi) is 38.3. The van der Waals surface area contributed by atoms with Gasteiger partial charge in [0.2, 0.25) is 0 Å². The van der Waals surface area contributed by atoms with Gasteiger partial charge in [0, 0.05) is 153 Å². The second kappa shape index (κ2) is 49.5. The minimum absolute atomic E-state index is 0.0958. The fourth-order valence-corrected chi connectivity index (χ4v) is 16.3. The molecule has 0 saturated carbocycles. The van der Waals surface area contributed by atoms with Crippen LogP contribution in [0, 0.1) is 23.3 Å². The Bertz CT molecular complexity index is 7290. The quantitative estimate of drug-likeness (QED) is 0.0250. The van der Waals surface area contributed by atoms with Crippen molar-refractivity contribution in [2.75, 3.05) is 138 Å². The van der Waals surface area contributed by atoms with E-state index in [1.807, 2.05) is 166 Å². The molecule has 2 aliphatic rings. The number of nitrogens with zero attached hydrogens (tertiary/aromatic N) is 7. The third-order valence-corrected chi connectivity index (χ3v) is 24.0. The SMILES string of the molecule is CC(C)c1c(-c2ccc(N(C)C)cc2)[nH]c(=O)c(C(=O)O)c1O.CC(C)c1cc(C(=O)O)c(=O)[nH]c1-c1ccc(N(C)C)cc1.CCc1c(-c2ccc(N(C)C)c(F)c2)[nH]c(=O)c(C(=O)O)c1O.CCc1cc(C(=O)O)c(=O)[nH]c1-c1ccc(N(C)C)c(F)c1.CCc1cc(C(=O)O)c(=O)[nH]c1-c1ccc(N2CCN(C(=O)OC(C)(C)C)CC2)c(F)c1.CCc1cc(C(=O)O)c(=O)[nH]c1-c1ccc(N2CCNCC2)c(F)c1. The van der Waals surface area contributed by atoms with Crippen LogP contribution in [-0.2, 0) is 30.4 Å². The van der Waals surface area contributed by atoms with Crippen molar-refractivity contribution in [2.24, 2.45) is 0 Å². The van der Waals surface area contributed by atoms with E-state index in [4.69, 9.17) is 35.4 Å². The molecule has 0 bridgehead atoms. The summed E-state index contributed by atoms with van der Waals surface area (Å²) in [6, 6.07) is 39.3. The molecule has 0 unspecified atom stereocenters. The number of anilines is 6. The summed E-state index contributed by atoms with van der Waals surface area (Å²) in [5.41, 5.74) is 5.74. The van der Waals surface area contributed by atoms with E-state index in [1.54, 1.807) is 98.3 Å². The summed E-state index contributed by atoms with van der Waals surface area (Å²) >= 11 is 0. The number of hydrogen-bond acceptors (Lipinski definition) is 23. The van der Waals surface area contributed by atoms with Crippen molar-refractivity contribution < 1.29 is 96.7 Å². The average Bonchev–Trinajstić information content (AvgIpc) is 0.775. The Morgan fingerprint density at radius 1 is 0.361 bits per heavy atom. The van der Waals surface area contributed by atoms with Crippen molar-refractivity contribution in [3.8, 4) is 79.0 Å². The molecule has 6 aromatic carbocycles. The second-order valence-electron chi connectivity index (χ2n) is 36.7. The van der Waals surface area contributed by atoms with Gasteiger partial charge < -0.3 is 115 Å². The molecule has 8 heterocycles. The normalized spacial score (nSPS) is 12.2. The molecule has 6 aromatic heterocycles.